The average molecular weight is 220 g/mol. The van der Waals surface area contributed by atoms with Crippen LogP contribution in [0.15, 0.2) is 18.3 Å². The summed E-state index contributed by atoms with van der Waals surface area (Å²) < 4.78 is 5.01. The SMILES string of the molecule is COc1ccc(C2CCCN2C(C)=O)cn1. The fraction of sp³-hybridized carbons (Fsp3) is 0.500. The molecule has 2 rings (SSSR count). The minimum atomic E-state index is 0.137. The Morgan fingerprint density at radius 1 is 1.56 bits per heavy atom. The van der Waals surface area contributed by atoms with Crippen LogP contribution < -0.4 is 4.74 Å². The zero-order valence-electron chi connectivity index (χ0n) is 9.64. The molecule has 0 aromatic carbocycles. The van der Waals surface area contributed by atoms with Crippen molar-refractivity contribution in [1.82, 2.24) is 9.88 Å². The van der Waals surface area contributed by atoms with Gasteiger partial charge in [0.25, 0.3) is 0 Å². The first-order valence-electron chi connectivity index (χ1n) is 5.49. The van der Waals surface area contributed by atoms with Gasteiger partial charge < -0.3 is 9.64 Å². The van der Waals surface area contributed by atoms with Crippen LogP contribution in [-0.4, -0.2) is 29.4 Å². The van der Waals surface area contributed by atoms with E-state index in [2.05, 4.69) is 4.98 Å². The van der Waals surface area contributed by atoms with E-state index in [9.17, 15) is 4.79 Å². The van der Waals surface area contributed by atoms with E-state index in [1.165, 1.54) is 0 Å². The topological polar surface area (TPSA) is 42.4 Å². The molecule has 2 heterocycles. The molecule has 1 unspecified atom stereocenters. The van der Waals surface area contributed by atoms with E-state index in [4.69, 9.17) is 4.74 Å². The Morgan fingerprint density at radius 2 is 2.38 bits per heavy atom. The Balaban J connectivity index is 2.19. The summed E-state index contributed by atoms with van der Waals surface area (Å²) in [6.07, 6.45) is 3.88. The van der Waals surface area contributed by atoms with Crippen LogP contribution in [0.2, 0.25) is 0 Å². The Labute approximate surface area is 95.2 Å². The number of carbonyl (C=O) groups is 1. The van der Waals surface area contributed by atoms with Crippen molar-refractivity contribution in [3.63, 3.8) is 0 Å². The van der Waals surface area contributed by atoms with Gasteiger partial charge in [-0.2, -0.15) is 0 Å². The molecular formula is C12H16N2O2. The minimum Gasteiger partial charge on any atom is -0.481 e. The van der Waals surface area contributed by atoms with E-state index >= 15 is 0 Å². The van der Waals surface area contributed by atoms with Crippen LogP contribution in [0.4, 0.5) is 0 Å². The average Bonchev–Trinajstić information content (AvgIpc) is 2.78. The summed E-state index contributed by atoms with van der Waals surface area (Å²) in [6, 6.07) is 4.01. The fourth-order valence-corrected chi connectivity index (χ4v) is 2.20. The number of pyridine rings is 1. The molecule has 0 spiro atoms. The number of likely N-dealkylation sites (tertiary alicyclic amines) is 1. The quantitative estimate of drug-likeness (QED) is 0.763. The monoisotopic (exact) mass is 220 g/mol. The fourth-order valence-electron chi connectivity index (χ4n) is 2.20. The van der Waals surface area contributed by atoms with Crippen LogP contribution in [0.25, 0.3) is 0 Å². The maximum absolute atomic E-state index is 11.4. The predicted molar refractivity (Wildman–Crippen MR) is 60.2 cm³/mol. The number of nitrogens with zero attached hydrogens (tertiary/aromatic N) is 2. The van der Waals surface area contributed by atoms with Crippen LogP contribution in [-0.2, 0) is 4.79 Å². The number of aromatic nitrogens is 1. The summed E-state index contributed by atoms with van der Waals surface area (Å²) in [5.41, 5.74) is 1.09. The first-order chi connectivity index (χ1) is 7.72. The normalized spacial score (nSPS) is 19.9. The van der Waals surface area contributed by atoms with E-state index in [-0.39, 0.29) is 11.9 Å². The summed E-state index contributed by atoms with van der Waals surface area (Å²) >= 11 is 0. The van der Waals surface area contributed by atoms with E-state index < -0.39 is 0 Å². The second-order valence-electron chi connectivity index (χ2n) is 4.00. The predicted octanol–water partition coefficient (Wildman–Crippen LogP) is 1.77. The molecule has 16 heavy (non-hydrogen) atoms. The van der Waals surface area contributed by atoms with E-state index in [1.807, 2.05) is 17.0 Å². The maximum Gasteiger partial charge on any atom is 0.219 e. The van der Waals surface area contributed by atoms with Gasteiger partial charge in [0.15, 0.2) is 0 Å². The van der Waals surface area contributed by atoms with Crippen molar-refractivity contribution in [3.8, 4) is 5.88 Å². The highest BCUT2D eigenvalue weighted by Gasteiger charge is 2.27. The second-order valence-corrected chi connectivity index (χ2v) is 4.00. The maximum atomic E-state index is 11.4. The standard InChI is InChI=1S/C12H16N2O2/c1-9(15)14-7-3-4-11(14)10-5-6-12(16-2)13-8-10/h5-6,8,11H,3-4,7H2,1-2H3. The summed E-state index contributed by atoms with van der Waals surface area (Å²) in [6.45, 7) is 2.47. The van der Waals surface area contributed by atoms with Crippen LogP contribution in [0, 0.1) is 0 Å². The van der Waals surface area contributed by atoms with Crippen LogP contribution in [0.3, 0.4) is 0 Å². The van der Waals surface area contributed by atoms with Gasteiger partial charge in [0, 0.05) is 25.7 Å². The lowest BCUT2D eigenvalue weighted by molar-refractivity contribution is -0.129. The van der Waals surface area contributed by atoms with Gasteiger partial charge in [-0.25, -0.2) is 4.98 Å². The van der Waals surface area contributed by atoms with Gasteiger partial charge in [0.05, 0.1) is 13.2 Å². The number of amides is 1. The number of rotatable bonds is 2. The summed E-state index contributed by atoms with van der Waals surface area (Å²) in [7, 11) is 1.60. The molecule has 4 heteroatoms. The molecule has 1 saturated heterocycles. The third-order valence-corrected chi connectivity index (χ3v) is 3.01. The van der Waals surface area contributed by atoms with Crippen molar-refractivity contribution < 1.29 is 9.53 Å². The lowest BCUT2D eigenvalue weighted by Gasteiger charge is -2.23. The van der Waals surface area contributed by atoms with Crippen LogP contribution in [0.1, 0.15) is 31.4 Å². The van der Waals surface area contributed by atoms with Gasteiger partial charge in [-0.3, -0.25) is 4.79 Å². The Morgan fingerprint density at radius 3 is 2.94 bits per heavy atom. The number of hydrogen-bond donors (Lipinski definition) is 0. The Hall–Kier alpha value is -1.58. The molecule has 1 aliphatic rings. The van der Waals surface area contributed by atoms with Gasteiger partial charge in [0.2, 0.25) is 11.8 Å². The Bertz CT molecular complexity index is 375. The molecule has 0 N–H and O–H groups in total. The van der Waals surface area contributed by atoms with Crippen molar-refractivity contribution in [2.75, 3.05) is 13.7 Å². The number of methoxy groups -OCH3 is 1. The molecule has 1 aromatic rings. The zero-order valence-corrected chi connectivity index (χ0v) is 9.64. The van der Waals surface area contributed by atoms with Crippen molar-refractivity contribution in [1.29, 1.82) is 0 Å². The van der Waals surface area contributed by atoms with E-state index in [0.717, 1.165) is 24.9 Å². The number of carbonyl (C=O) groups excluding carboxylic acids is 1. The lowest BCUT2D eigenvalue weighted by atomic mass is 10.1. The molecule has 1 aromatic heterocycles. The first kappa shape index (κ1) is 10.9. The largest absolute Gasteiger partial charge is 0.481 e. The van der Waals surface area contributed by atoms with Crippen molar-refractivity contribution in [2.45, 2.75) is 25.8 Å². The van der Waals surface area contributed by atoms with Crippen molar-refractivity contribution >= 4 is 5.91 Å². The van der Waals surface area contributed by atoms with E-state index in [1.54, 1.807) is 20.2 Å². The smallest absolute Gasteiger partial charge is 0.219 e. The zero-order chi connectivity index (χ0) is 11.5. The molecule has 0 saturated carbocycles. The van der Waals surface area contributed by atoms with Gasteiger partial charge in [0.1, 0.15) is 0 Å². The highest BCUT2D eigenvalue weighted by Crippen LogP contribution is 2.31. The minimum absolute atomic E-state index is 0.137. The third kappa shape index (κ3) is 2.01. The molecule has 1 amide bonds. The highest BCUT2D eigenvalue weighted by atomic mass is 16.5. The molecule has 4 nitrogen and oxygen atoms in total. The summed E-state index contributed by atoms with van der Waals surface area (Å²) in [4.78, 5) is 17.5. The molecule has 0 aliphatic carbocycles. The molecule has 0 bridgehead atoms. The van der Waals surface area contributed by atoms with Gasteiger partial charge in [-0.05, 0) is 18.4 Å². The molecule has 0 radical (unpaired) electrons. The molecule has 86 valence electrons. The number of hydrogen-bond acceptors (Lipinski definition) is 3. The highest BCUT2D eigenvalue weighted by molar-refractivity contribution is 5.74. The molecule has 1 fully saturated rings. The van der Waals surface area contributed by atoms with Crippen LogP contribution in [0.5, 0.6) is 5.88 Å². The van der Waals surface area contributed by atoms with Crippen molar-refractivity contribution in [2.24, 2.45) is 0 Å². The van der Waals surface area contributed by atoms with Crippen molar-refractivity contribution in [3.05, 3.63) is 23.9 Å². The second kappa shape index (κ2) is 4.51. The van der Waals surface area contributed by atoms with Gasteiger partial charge >= 0.3 is 0 Å². The molecular weight excluding hydrogens is 204 g/mol. The van der Waals surface area contributed by atoms with Gasteiger partial charge in [-0.1, -0.05) is 6.07 Å². The number of ether oxygens (including phenoxy) is 1. The van der Waals surface area contributed by atoms with Crippen LogP contribution >= 0.6 is 0 Å². The summed E-state index contributed by atoms with van der Waals surface area (Å²) in [5.74, 6) is 0.745. The molecule has 1 aliphatic heterocycles. The Kier molecular flexibility index (Phi) is 3.08. The summed E-state index contributed by atoms with van der Waals surface area (Å²) in [5, 5.41) is 0. The first-order valence-corrected chi connectivity index (χ1v) is 5.49. The van der Waals surface area contributed by atoms with Gasteiger partial charge in [-0.15, -0.1) is 0 Å². The van der Waals surface area contributed by atoms with E-state index in [0.29, 0.717) is 5.88 Å². The lowest BCUT2D eigenvalue weighted by Crippen LogP contribution is -2.28. The third-order valence-electron chi connectivity index (χ3n) is 3.01. The molecule has 1 atom stereocenters.